The Labute approximate surface area is 211 Å². The normalized spacial score (nSPS) is 20.2. The summed E-state index contributed by atoms with van der Waals surface area (Å²) in [5.41, 5.74) is -0.739. The van der Waals surface area contributed by atoms with Gasteiger partial charge in [-0.1, -0.05) is 0 Å². The molecule has 0 aromatic heterocycles. The van der Waals surface area contributed by atoms with Gasteiger partial charge in [-0.15, -0.1) is 0 Å². The van der Waals surface area contributed by atoms with Crippen LogP contribution in [0.5, 0.6) is 5.75 Å². The van der Waals surface area contributed by atoms with Crippen LogP contribution < -0.4 is 10.1 Å². The van der Waals surface area contributed by atoms with Crippen LogP contribution in [0.25, 0.3) is 0 Å². The Morgan fingerprint density at radius 1 is 1.19 bits per heavy atom. The highest BCUT2D eigenvalue weighted by Gasteiger charge is 2.42. The van der Waals surface area contributed by atoms with Crippen molar-refractivity contribution in [1.29, 1.82) is 0 Å². The number of amides is 3. The average Bonchev–Trinajstić information content (AvgIpc) is 3.23. The number of likely N-dealkylation sites (N-methyl/N-ethyl adjacent to an activating group) is 1. The van der Waals surface area contributed by atoms with Crippen LogP contribution in [0.2, 0.25) is 0 Å². The van der Waals surface area contributed by atoms with E-state index in [2.05, 4.69) is 5.32 Å². The maximum absolute atomic E-state index is 13.5. The molecule has 0 spiro atoms. The number of benzene rings is 1. The highest BCUT2D eigenvalue weighted by molar-refractivity contribution is 5.92. The molecule has 1 N–H and O–H groups in total. The van der Waals surface area contributed by atoms with Gasteiger partial charge >= 0.3 is 6.09 Å². The standard InChI is InChI=1S/C25H36FN3O7/c1-15(28(6)24(33)36-25(3,4)5)22(31)27-21(16(2)34-7)23(32)29-13-20(12-18(29)14-30)35-19-10-8-17(26)9-11-19/h8-11,14-16,18,20-21H,12-13H2,1-7H3,(H,27,31)/t15-,16+,18-,20?,21-/m0/s1. The summed E-state index contributed by atoms with van der Waals surface area (Å²) in [6.45, 7) is 8.36. The number of hydrogen-bond acceptors (Lipinski definition) is 7. The molecular formula is C25H36FN3O7. The molecule has 0 radical (unpaired) electrons. The summed E-state index contributed by atoms with van der Waals surface area (Å²) in [6, 6.07) is 2.60. The number of likely N-dealkylation sites (tertiary alicyclic amines) is 1. The Kier molecular flexibility index (Phi) is 9.80. The third kappa shape index (κ3) is 7.64. The molecule has 36 heavy (non-hydrogen) atoms. The lowest BCUT2D eigenvalue weighted by molar-refractivity contribution is -0.143. The lowest BCUT2D eigenvalue weighted by atomic mass is 10.1. The first-order valence-electron chi connectivity index (χ1n) is 11.7. The van der Waals surface area contributed by atoms with Crippen molar-refractivity contribution in [2.75, 3.05) is 20.7 Å². The monoisotopic (exact) mass is 509 g/mol. The van der Waals surface area contributed by atoms with Gasteiger partial charge in [-0.05, 0) is 58.9 Å². The van der Waals surface area contributed by atoms with Crippen LogP contribution in [0.4, 0.5) is 9.18 Å². The zero-order valence-electron chi connectivity index (χ0n) is 21.8. The van der Waals surface area contributed by atoms with E-state index in [1.165, 1.54) is 50.2 Å². The van der Waals surface area contributed by atoms with E-state index in [-0.39, 0.29) is 13.0 Å². The second kappa shape index (κ2) is 12.2. The van der Waals surface area contributed by atoms with Gasteiger partial charge in [0, 0.05) is 20.6 Å². The van der Waals surface area contributed by atoms with Gasteiger partial charge in [0.2, 0.25) is 11.8 Å². The zero-order valence-corrected chi connectivity index (χ0v) is 21.8. The SMILES string of the molecule is CO[C@H](C)[C@H](NC(=O)[C@H](C)N(C)C(=O)OC(C)(C)C)C(=O)N1CC(Oc2ccc(F)cc2)C[C@H]1C=O. The molecule has 0 saturated carbocycles. The van der Waals surface area contributed by atoms with Gasteiger partial charge in [0.25, 0.3) is 0 Å². The van der Waals surface area contributed by atoms with Gasteiger partial charge < -0.3 is 29.2 Å². The molecule has 1 aromatic rings. The first-order chi connectivity index (χ1) is 16.8. The van der Waals surface area contributed by atoms with Crippen molar-refractivity contribution in [2.45, 2.75) is 77.0 Å². The van der Waals surface area contributed by atoms with Crippen LogP contribution >= 0.6 is 0 Å². The molecule has 1 aliphatic rings. The number of nitrogens with zero attached hydrogens (tertiary/aromatic N) is 2. The molecule has 1 fully saturated rings. The summed E-state index contributed by atoms with van der Waals surface area (Å²) >= 11 is 0. The number of halogens is 1. The maximum atomic E-state index is 13.5. The highest BCUT2D eigenvalue weighted by atomic mass is 19.1. The fraction of sp³-hybridized carbons (Fsp3) is 0.600. The number of hydrogen-bond donors (Lipinski definition) is 1. The van der Waals surface area contributed by atoms with Gasteiger partial charge in [-0.3, -0.25) is 14.5 Å². The lowest BCUT2D eigenvalue weighted by Gasteiger charge is -2.32. The van der Waals surface area contributed by atoms with Gasteiger partial charge in [-0.25, -0.2) is 9.18 Å². The molecule has 10 nitrogen and oxygen atoms in total. The molecule has 0 aliphatic carbocycles. The Bertz CT molecular complexity index is 935. The Balaban J connectivity index is 2.13. The van der Waals surface area contributed by atoms with E-state index in [0.717, 1.165) is 4.90 Å². The lowest BCUT2D eigenvalue weighted by Crippen LogP contribution is -2.58. The number of methoxy groups -OCH3 is 1. The largest absolute Gasteiger partial charge is 0.488 e. The average molecular weight is 510 g/mol. The van der Waals surface area contributed by atoms with Crippen molar-refractivity contribution in [3.63, 3.8) is 0 Å². The van der Waals surface area contributed by atoms with E-state index in [1.54, 1.807) is 27.7 Å². The van der Waals surface area contributed by atoms with Crippen molar-refractivity contribution < 1.29 is 37.8 Å². The predicted molar refractivity (Wildman–Crippen MR) is 129 cm³/mol. The molecule has 1 heterocycles. The van der Waals surface area contributed by atoms with Crippen LogP contribution in [0.15, 0.2) is 24.3 Å². The first-order valence-corrected chi connectivity index (χ1v) is 11.7. The molecule has 1 unspecified atom stereocenters. The number of carbonyl (C=O) groups is 4. The molecule has 200 valence electrons. The number of nitrogens with one attached hydrogen (secondary N) is 1. The molecule has 1 aromatic carbocycles. The minimum absolute atomic E-state index is 0.0930. The highest BCUT2D eigenvalue weighted by Crippen LogP contribution is 2.24. The van der Waals surface area contributed by atoms with Crippen LogP contribution in [-0.4, -0.2) is 90.6 Å². The van der Waals surface area contributed by atoms with E-state index in [0.29, 0.717) is 12.0 Å². The topological polar surface area (TPSA) is 114 Å². The molecule has 0 bridgehead atoms. The van der Waals surface area contributed by atoms with Crippen molar-refractivity contribution in [2.24, 2.45) is 0 Å². The molecule has 3 amide bonds. The molecule has 1 aliphatic heterocycles. The smallest absolute Gasteiger partial charge is 0.410 e. The molecule has 2 rings (SSSR count). The van der Waals surface area contributed by atoms with E-state index in [9.17, 15) is 23.6 Å². The molecule has 11 heteroatoms. The van der Waals surface area contributed by atoms with Crippen LogP contribution in [0, 0.1) is 5.82 Å². The van der Waals surface area contributed by atoms with Gasteiger partial charge in [-0.2, -0.15) is 0 Å². The van der Waals surface area contributed by atoms with Gasteiger partial charge in [0.1, 0.15) is 41.6 Å². The van der Waals surface area contributed by atoms with Crippen molar-refractivity contribution >= 4 is 24.2 Å². The van der Waals surface area contributed by atoms with Crippen molar-refractivity contribution in [1.82, 2.24) is 15.1 Å². The number of aldehydes is 1. The van der Waals surface area contributed by atoms with Crippen molar-refractivity contribution in [3.05, 3.63) is 30.1 Å². The van der Waals surface area contributed by atoms with E-state index < -0.39 is 59.7 Å². The quantitative estimate of drug-likeness (QED) is 0.508. The van der Waals surface area contributed by atoms with Gasteiger partial charge in [0.05, 0.1) is 18.7 Å². The molecular weight excluding hydrogens is 473 g/mol. The Morgan fingerprint density at radius 2 is 1.81 bits per heavy atom. The summed E-state index contributed by atoms with van der Waals surface area (Å²) in [5, 5.41) is 2.66. The van der Waals surface area contributed by atoms with Crippen molar-refractivity contribution in [3.8, 4) is 5.75 Å². The zero-order chi connectivity index (χ0) is 27.2. The summed E-state index contributed by atoms with van der Waals surface area (Å²) in [7, 11) is 2.82. The minimum atomic E-state index is -1.12. The summed E-state index contributed by atoms with van der Waals surface area (Å²) in [4.78, 5) is 53.0. The fourth-order valence-corrected chi connectivity index (χ4v) is 3.64. The van der Waals surface area contributed by atoms with Gasteiger partial charge in [0.15, 0.2) is 0 Å². The van der Waals surface area contributed by atoms with Crippen LogP contribution in [0.3, 0.4) is 0 Å². The summed E-state index contributed by atoms with van der Waals surface area (Å²) in [5.74, 6) is -1.11. The number of ether oxygens (including phenoxy) is 3. The van der Waals surface area contributed by atoms with Crippen LogP contribution in [-0.2, 0) is 23.9 Å². The second-order valence-corrected chi connectivity index (χ2v) is 9.82. The number of carbonyl (C=O) groups excluding carboxylic acids is 4. The molecule has 5 atom stereocenters. The summed E-state index contributed by atoms with van der Waals surface area (Å²) < 4.78 is 29.6. The maximum Gasteiger partial charge on any atom is 0.410 e. The summed E-state index contributed by atoms with van der Waals surface area (Å²) in [6.07, 6.45) is -1.02. The molecule has 1 saturated heterocycles. The third-order valence-electron chi connectivity index (χ3n) is 5.91. The Hall–Kier alpha value is -3.21. The van der Waals surface area contributed by atoms with E-state index >= 15 is 0 Å². The number of rotatable bonds is 9. The van der Waals surface area contributed by atoms with E-state index in [4.69, 9.17) is 14.2 Å². The second-order valence-electron chi connectivity index (χ2n) is 9.82. The minimum Gasteiger partial charge on any atom is -0.488 e. The predicted octanol–water partition coefficient (Wildman–Crippen LogP) is 2.15. The van der Waals surface area contributed by atoms with Crippen LogP contribution in [0.1, 0.15) is 41.0 Å². The Morgan fingerprint density at radius 3 is 2.33 bits per heavy atom. The fourth-order valence-electron chi connectivity index (χ4n) is 3.64. The third-order valence-corrected chi connectivity index (χ3v) is 5.91. The van der Waals surface area contributed by atoms with E-state index in [1.807, 2.05) is 0 Å². The first kappa shape index (κ1) is 29.0.